The van der Waals surface area contributed by atoms with E-state index in [1.54, 1.807) is 19.1 Å². The zero-order valence-electron chi connectivity index (χ0n) is 9.28. The zero-order chi connectivity index (χ0) is 12.1. The fourth-order valence-corrected chi connectivity index (χ4v) is 1.78. The Labute approximate surface area is 100 Å². The van der Waals surface area contributed by atoms with Crippen LogP contribution in [-0.2, 0) is 11.2 Å². The highest BCUT2D eigenvalue weighted by molar-refractivity contribution is 7.80. The maximum Gasteiger partial charge on any atom is 0.339 e. The zero-order valence-corrected chi connectivity index (χ0v) is 10.2. The highest BCUT2D eigenvalue weighted by Gasteiger charge is 2.17. The normalized spacial score (nSPS) is 9.62. The van der Waals surface area contributed by atoms with E-state index >= 15 is 0 Å². The van der Waals surface area contributed by atoms with Gasteiger partial charge in [0.15, 0.2) is 0 Å². The Kier molecular flexibility index (Phi) is 4.39. The number of rotatable bonds is 3. The molecular formula is C12H13NO2S. The van der Waals surface area contributed by atoms with Gasteiger partial charge < -0.3 is 4.74 Å². The van der Waals surface area contributed by atoms with Crippen molar-refractivity contribution in [3.05, 3.63) is 28.8 Å². The Balaban J connectivity index is 3.34. The van der Waals surface area contributed by atoms with Crippen molar-refractivity contribution in [1.29, 1.82) is 5.26 Å². The summed E-state index contributed by atoms with van der Waals surface area (Å²) in [4.78, 5) is 12.4. The number of thiol groups is 1. The first kappa shape index (κ1) is 12.6. The van der Waals surface area contributed by atoms with Crippen LogP contribution in [0, 0.1) is 11.3 Å². The minimum absolute atomic E-state index is 0.301. The molecule has 0 bridgehead atoms. The van der Waals surface area contributed by atoms with Crippen molar-refractivity contribution in [3.8, 4) is 6.07 Å². The van der Waals surface area contributed by atoms with E-state index in [4.69, 9.17) is 10.00 Å². The molecule has 0 saturated heterocycles. The second-order valence-corrected chi connectivity index (χ2v) is 3.73. The molecule has 0 N–H and O–H groups in total. The third-order valence-electron chi connectivity index (χ3n) is 2.19. The number of esters is 1. The maximum atomic E-state index is 11.7. The van der Waals surface area contributed by atoms with Crippen LogP contribution in [0.3, 0.4) is 0 Å². The van der Waals surface area contributed by atoms with E-state index < -0.39 is 5.97 Å². The molecule has 0 aliphatic heterocycles. The van der Waals surface area contributed by atoms with E-state index in [0.29, 0.717) is 29.1 Å². The lowest BCUT2D eigenvalue weighted by Crippen LogP contribution is -2.10. The van der Waals surface area contributed by atoms with Gasteiger partial charge in [-0.15, -0.1) is 12.6 Å². The van der Waals surface area contributed by atoms with Crippen molar-refractivity contribution in [2.24, 2.45) is 0 Å². The van der Waals surface area contributed by atoms with Crippen molar-refractivity contribution in [1.82, 2.24) is 0 Å². The minimum atomic E-state index is -0.441. The Morgan fingerprint density at radius 3 is 2.69 bits per heavy atom. The van der Waals surface area contributed by atoms with E-state index in [1.165, 1.54) is 0 Å². The van der Waals surface area contributed by atoms with E-state index in [9.17, 15) is 4.79 Å². The molecule has 0 saturated carbocycles. The number of benzene rings is 1. The lowest BCUT2D eigenvalue weighted by Gasteiger charge is -2.09. The fraction of sp³-hybridized carbons (Fsp3) is 0.333. The minimum Gasteiger partial charge on any atom is -0.462 e. The van der Waals surface area contributed by atoms with Gasteiger partial charge in [0, 0.05) is 4.90 Å². The number of nitriles is 1. The molecular weight excluding hydrogens is 222 g/mol. The van der Waals surface area contributed by atoms with Crippen molar-refractivity contribution < 1.29 is 9.53 Å². The van der Waals surface area contributed by atoms with Gasteiger partial charge in [-0.3, -0.25) is 0 Å². The van der Waals surface area contributed by atoms with Crippen LogP contribution in [0.4, 0.5) is 0 Å². The van der Waals surface area contributed by atoms with Crippen molar-refractivity contribution >= 4 is 18.6 Å². The Morgan fingerprint density at radius 2 is 2.19 bits per heavy atom. The van der Waals surface area contributed by atoms with Crippen LogP contribution in [0.1, 0.15) is 35.3 Å². The summed E-state index contributed by atoms with van der Waals surface area (Å²) >= 11 is 4.20. The number of nitrogens with zero attached hydrogens (tertiary/aromatic N) is 1. The summed E-state index contributed by atoms with van der Waals surface area (Å²) in [7, 11) is 0. The Morgan fingerprint density at radius 1 is 1.50 bits per heavy atom. The van der Waals surface area contributed by atoms with Crippen LogP contribution in [-0.4, -0.2) is 12.6 Å². The smallest absolute Gasteiger partial charge is 0.339 e. The van der Waals surface area contributed by atoms with Crippen LogP contribution in [0.2, 0.25) is 0 Å². The summed E-state index contributed by atoms with van der Waals surface area (Å²) in [6.45, 7) is 3.96. The third kappa shape index (κ3) is 2.56. The quantitative estimate of drug-likeness (QED) is 0.647. The molecule has 3 nitrogen and oxygen atoms in total. The van der Waals surface area contributed by atoms with Gasteiger partial charge in [0.2, 0.25) is 0 Å². The van der Waals surface area contributed by atoms with Crippen LogP contribution >= 0.6 is 12.6 Å². The van der Waals surface area contributed by atoms with E-state index in [0.717, 1.165) is 5.56 Å². The Bertz CT molecular complexity index is 449. The molecule has 4 heteroatoms. The summed E-state index contributed by atoms with van der Waals surface area (Å²) in [5, 5.41) is 8.99. The average Bonchev–Trinajstić information content (AvgIpc) is 2.27. The molecule has 84 valence electrons. The summed E-state index contributed by atoms with van der Waals surface area (Å²) in [6.07, 6.45) is 0.664. The summed E-state index contributed by atoms with van der Waals surface area (Å²) in [5.41, 5.74) is 1.48. The summed E-state index contributed by atoms with van der Waals surface area (Å²) < 4.78 is 4.94. The molecule has 0 spiro atoms. The number of hydrogen-bond acceptors (Lipinski definition) is 4. The molecule has 16 heavy (non-hydrogen) atoms. The van der Waals surface area contributed by atoms with Gasteiger partial charge in [-0.1, -0.05) is 6.92 Å². The predicted molar refractivity (Wildman–Crippen MR) is 63.7 cm³/mol. The lowest BCUT2D eigenvalue weighted by atomic mass is 10.00. The van der Waals surface area contributed by atoms with Crippen LogP contribution in [0.25, 0.3) is 0 Å². The van der Waals surface area contributed by atoms with Gasteiger partial charge in [0.05, 0.1) is 17.7 Å². The van der Waals surface area contributed by atoms with Gasteiger partial charge in [-0.25, -0.2) is 4.79 Å². The Hall–Kier alpha value is -1.47. The molecule has 0 heterocycles. The summed E-state index contributed by atoms with van der Waals surface area (Å²) in [5.74, 6) is -0.441. The average molecular weight is 235 g/mol. The van der Waals surface area contributed by atoms with Gasteiger partial charge in [0.25, 0.3) is 0 Å². The first-order valence-electron chi connectivity index (χ1n) is 5.07. The lowest BCUT2D eigenvalue weighted by molar-refractivity contribution is 0.0524. The maximum absolute atomic E-state index is 11.7. The molecule has 0 aliphatic rings. The topological polar surface area (TPSA) is 50.1 Å². The monoisotopic (exact) mass is 235 g/mol. The molecule has 1 aromatic carbocycles. The molecule has 1 aromatic rings. The highest BCUT2D eigenvalue weighted by atomic mass is 32.1. The van der Waals surface area contributed by atoms with Crippen LogP contribution < -0.4 is 0 Å². The molecule has 0 unspecified atom stereocenters. The number of aryl methyl sites for hydroxylation is 1. The van der Waals surface area contributed by atoms with E-state index in [-0.39, 0.29) is 0 Å². The predicted octanol–water partition coefficient (Wildman–Crippen LogP) is 2.59. The van der Waals surface area contributed by atoms with Crippen molar-refractivity contribution in [2.75, 3.05) is 6.61 Å². The molecule has 0 fully saturated rings. The number of carbonyl (C=O) groups excluding carboxylic acids is 1. The van der Waals surface area contributed by atoms with Crippen LogP contribution in [0.15, 0.2) is 17.0 Å². The highest BCUT2D eigenvalue weighted by Crippen LogP contribution is 2.21. The largest absolute Gasteiger partial charge is 0.462 e. The number of ether oxygens (including phenoxy) is 1. The molecule has 1 rings (SSSR count). The number of hydrogen-bond donors (Lipinski definition) is 1. The van der Waals surface area contributed by atoms with Gasteiger partial charge in [-0.2, -0.15) is 5.26 Å². The standard InChI is InChI=1S/C12H13NO2S/c1-3-8-5-10(16)6-9(7-13)11(8)12(14)15-4-2/h5-6,16H,3-4H2,1-2H3. The molecule has 0 amide bonds. The SMILES string of the molecule is CCOC(=O)c1c(C#N)cc(S)cc1CC. The second-order valence-electron chi connectivity index (χ2n) is 3.21. The third-order valence-corrected chi connectivity index (χ3v) is 2.44. The molecule has 0 radical (unpaired) electrons. The van der Waals surface area contributed by atoms with Gasteiger partial charge in [0.1, 0.15) is 6.07 Å². The summed E-state index contributed by atoms with van der Waals surface area (Å²) in [6, 6.07) is 5.37. The van der Waals surface area contributed by atoms with Crippen molar-refractivity contribution in [2.45, 2.75) is 25.2 Å². The van der Waals surface area contributed by atoms with Crippen molar-refractivity contribution in [3.63, 3.8) is 0 Å². The second kappa shape index (κ2) is 5.57. The van der Waals surface area contributed by atoms with Gasteiger partial charge >= 0.3 is 5.97 Å². The van der Waals surface area contributed by atoms with E-state index in [2.05, 4.69) is 12.6 Å². The number of carbonyl (C=O) groups is 1. The first-order valence-corrected chi connectivity index (χ1v) is 5.51. The molecule has 0 aliphatic carbocycles. The van der Waals surface area contributed by atoms with E-state index in [1.807, 2.05) is 13.0 Å². The molecule has 0 atom stereocenters. The van der Waals surface area contributed by atoms with Gasteiger partial charge in [-0.05, 0) is 31.0 Å². The van der Waals surface area contributed by atoms with Crippen LogP contribution in [0.5, 0.6) is 0 Å². The first-order chi connectivity index (χ1) is 7.63. The fourth-order valence-electron chi connectivity index (χ4n) is 1.50. The molecule has 0 aromatic heterocycles.